The molecule has 1 aromatic carbocycles. The largest absolute Gasteiger partial charge is 0.366 e. The van der Waals surface area contributed by atoms with Gasteiger partial charge in [-0.1, -0.05) is 12.8 Å². The van der Waals surface area contributed by atoms with E-state index in [9.17, 15) is 18.5 Å². The minimum absolute atomic E-state index is 0.0634. The summed E-state index contributed by atoms with van der Waals surface area (Å²) >= 11 is 0. The van der Waals surface area contributed by atoms with Crippen molar-refractivity contribution in [2.24, 2.45) is 0 Å². The first kappa shape index (κ1) is 19.6. The van der Waals surface area contributed by atoms with Crippen LogP contribution in [0.1, 0.15) is 25.7 Å². The van der Waals surface area contributed by atoms with Crippen LogP contribution in [0.5, 0.6) is 0 Å². The standard InChI is InChI=1S/C16H26N4O4S/c1-18(2)12-9-17-25(23,24)14-7-8-15(16(13-14)20(21)22)19-10-5-3-4-6-11-19/h7-8,13,17H,3-6,9-12H2,1-2H3/p+1. The van der Waals surface area contributed by atoms with E-state index in [0.29, 0.717) is 12.2 Å². The summed E-state index contributed by atoms with van der Waals surface area (Å²) in [7, 11) is 0.0985. The summed E-state index contributed by atoms with van der Waals surface area (Å²) in [5.74, 6) is 0. The summed E-state index contributed by atoms with van der Waals surface area (Å²) in [6.07, 6.45) is 4.22. The number of nitrogens with one attached hydrogen (secondary N) is 2. The number of benzene rings is 1. The van der Waals surface area contributed by atoms with Gasteiger partial charge < -0.3 is 9.80 Å². The molecular weight excluding hydrogens is 344 g/mol. The molecule has 0 aliphatic carbocycles. The third-order valence-electron chi connectivity index (χ3n) is 4.32. The van der Waals surface area contributed by atoms with E-state index in [1.165, 1.54) is 12.1 Å². The van der Waals surface area contributed by atoms with Gasteiger partial charge >= 0.3 is 0 Å². The van der Waals surface area contributed by atoms with Crippen molar-refractivity contribution in [1.82, 2.24) is 4.72 Å². The summed E-state index contributed by atoms with van der Waals surface area (Å²) in [5, 5.41) is 11.5. The van der Waals surface area contributed by atoms with E-state index in [4.69, 9.17) is 0 Å². The fourth-order valence-electron chi connectivity index (χ4n) is 2.91. The number of quaternary nitrogens is 1. The lowest BCUT2D eigenvalue weighted by molar-refractivity contribution is -0.856. The molecule has 2 rings (SSSR count). The van der Waals surface area contributed by atoms with Gasteiger partial charge in [-0.2, -0.15) is 0 Å². The lowest BCUT2D eigenvalue weighted by Crippen LogP contribution is -3.06. The molecule has 2 N–H and O–H groups in total. The smallest absolute Gasteiger partial charge is 0.293 e. The molecule has 1 aromatic rings. The Balaban J connectivity index is 2.27. The first-order valence-corrected chi connectivity index (χ1v) is 10.1. The molecule has 0 atom stereocenters. The Morgan fingerprint density at radius 3 is 2.40 bits per heavy atom. The highest BCUT2D eigenvalue weighted by atomic mass is 32.2. The van der Waals surface area contributed by atoms with Crippen LogP contribution in [-0.4, -0.2) is 53.6 Å². The van der Waals surface area contributed by atoms with E-state index in [2.05, 4.69) is 4.72 Å². The summed E-state index contributed by atoms with van der Waals surface area (Å²) in [6, 6.07) is 4.19. The molecule has 0 amide bonds. The average Bonchev–Trinajstić information content (AvgIpc) is 2.82. The van der Waals surface area contributed by atoms with Crippen molar-refractivity contribution in [3.8, 4) is 0 Å². The normalized spacial score (nSPS) is 16.0. The maximum atomic E-state index is 12.4. The van der Waals surface area contributed by atoms with Crippen LogP contribution in [0.2, 0.25) is 0 Å². The number of nitrogens with zero attached hydrogens (tertiary/aromatic N) is 2. The molecule has 0 aromatic heterocycles. The molecule has 1 fully saturated rings. The Labute approximate surface area is 149 Å². The van der Waals surface area contributed by atoms with Crippen LogP contribution >= 0.6 is 0 Å². The van der Waals surface area contributed by atoms with Crippen molar-refractivity contribution in [3.63, 3.8) is 0 Å². The number of rotatable bonds is 7. The van der Waals surface area contributed by atoms with E-state index < -0.39 is 14.9 Å². The first-order valence-electron chi connectivity index (χ1n) is 8.63. The van der Waals surface area contributed by atoms with Crippen molar-refractivity contribution >= 4 is 21.4 Å². The molecule has 1 aliphatic heterocycles. The third kappa shape index (κ3) is 5.38. The quantitative estimate of drug-likeness (QED) is 0.534. The molecule has 0 unspecified atom stereocenters. The lowest BCUT2D eigenvalue weighted by Gasteiger charge is -2.22. The van der Waals surface area contributed by atoms with Crippen LogP contribution in [0, 0.1) is 10.1 Å². The number of hydrogen-bond acceptors (Lipinski definition) is 5. The van der Waals surface area contributed by atoms with Crippen molar-refractivity contribution in [1.29, 1.82) is 0 Å². The molecule has 1 heterocycles. The Morgan fingerprint density at radius 1 is 1.20 bits per heavy atom. The summed E-state index contributed by atoms with van der Waals surface area (Å²) < 4.78 is 27.2. The lowest BCUT2D eigenvalue weighted by atomic mass is 10.2. The SMILES string of the molecule is C[NH+](C)CCNS(=O)(=O)c1ccc(N2CCCCCC2)c([N+](=O)[O-])c1. The van der Waals surface area contributed by atoms with E-state index >= 15 is 0 Å². The van der Waals surface area contributed by atoms with Gasteiger partial charge in [-0.15, -0.1) is 0 Å². The maximum absolute atomic E-state index is 12.4. The number of nitro groups is 1. The van der Waals surface area contributed by atoms with Gasteiger partial charge in [0.05, 0.1) is 37.0 Å². The van der Waals surface area contributed by atoms with Crippen LogP contribution in [-0.2, 0) is 10.0 Å². The van der Waals surface area contributed by atoms with Gasteiger partial charge in [-0.05, 0) is 25.0 Å². The van der Waals surface area contributed by atoms with E-state index in [1.807, 2.05) is 19.0 Å². The molecule has 0 spiro atoms. The number of anilines is 1. The second-order valence-corrected chi connectivity index (χ2v) is 8.43. The van der Waals surface area contributed by atoms with Gasteiger partial charge in [0, 0.05) is 19.2 Å². The minimum atomic E-state index is -3.75. The maximum Gasteiger partial charge on any atom is 0.293 e. The summed E-state index contributed by atoms with van der Waals surface area (Å²) in [4.78, 5) is 14.0. The topological polar surface area (TPSA) is 97.0 Å². The molecule has 1 saturated heterocycles. The molecule has 0 radical (unpaired) electrons. The Morgan fingerprint density at radius 2 is 1.84 bits per heavy atom. The van der Waals surface area contributed by atoms with Crippen LogP contribution in [0.3, 0.4) is 0 Å². The first-order chi connectivity index (χ1) is 11.8. The predicted molar refractivity (Wildman–Crippen MR) is 96.6 cm³/mol. The summed E-state index contributed by atoms with van der Waals surface area (Å²) in [5.41, 5.74) is 0.353. The van der Waals surface area contributed by atoms with Gasteiger partial charge in [-0.25, -0.2) is 13.1 Å². The molecule has 9 heteroatoms. The minimum Gasteiger partial charge on any atom is -0.366 e. The molecule has 8 nitrogen and oxygen atoms in total. The van der Waals surface area contributed by atoms with Crippen LogP contribution in [0.25, 0.3) is 0 Å². The highest BCUT2D eigenvalue weighted by Crippen LogP contribution is 2.32. The van der Waals surface area contributed by atoms with Gasteiger partial charge in [0.25, 0.3) is 5.69 Å². The van der Waals surface area contributed by atoms with Crippen LogP contribution in [0.15, 0.2) is 23.1 Å². The van der Waals surface area contributed by atoms with Gasteiger partial charge in [0.1, 0.15) is 5.69 Å². The molecular formula is C16H27N4O4S+. The van der Waals surface area contributed by atoms with Crippen LogP contribution < -0.4 is 14.5 Å². The van der Waals surface area contributed by atoms with E-state index in [0.717, 1.165) is 43.7 Å². The number of nitro benzene ring substituents is 1. The molecule has 1 aliphatic rings. The highest BCUT2D eigenvalue weighted by molar-refractivity contribution is 7.89. The van der Waals surface area contributed by atoms with Gasteiger partial charge in [0.15, 0.2) is 0 Å². The zero-order chi connectivity index (χ0) is 18.4. The van der Waals surface area contributed by atoms with Crippen molar-refractivity contribution in [2.75, 3.05) is 45.2 Å². The monoisotopic (exact) mass is 371 g/mol. The summed E-state index contributed by atoms with van der Waals surface area (Å²) in [6.45, 7) is 2.44. The molecule has 140 valence electrons. The second kappa shape index (κ2) is 8.59. The average molecular weight is 371 g/mol. The fourth-order valence-corrected chi connectivity index (χ4v) is 3.97. The molecule has 25 heavy (non-hydrogen) atoms. The second-order valence-electron chi connectivity index (χ2n) is 6.66. The van der Waals surface area contributed by atoms with Gasteiger partial charge in [-0.3, -0.25) is 10.1 Å². The molecule has 0 bridgehead atoms. The van der Waals surface area contributed by atoms with Crippen LogP contribution in [0.4, 0.5) is 11.4 Å². The van der Waals surface area contributed by atoms with Crippen molar-refractivity contribution < 1.29 is 18.2 Å². The zero-order valence-electron chi connectivity index (χ0n) is 14.8. The fraction of sp³-hybridized carbons (Fsp3) is 0.625. The molecule has 0 saturated carbocycles. The number of hydrogen-bond donors (Lipinski definition) is 2. The predicted octanol–water partition coefficient (Wildman–Crippen LogP) is 0.398. The van der Waals surface area contributed by atoms with Gasteiger partial charge in [0.2, 0.25) is 10.0 Å². The Kier molecular flexibility index (Phi) is 6.74. The number of likely N-dealkylation sites (N-methyl/N-ethyl adjacent to an activating group) is 1. The third-order valence-corrected chi connectivity index (χ3v) is 5.78. The van der Waals surface area contributed by atoms with E-state index in [1.54, 1.807) is 6.07 Å². The zero-order valence-corrected chi connectivity index (χ0v) is 15.6. The Bertz CT molecular complexity index is 698. The number of sulfonamides is 1. The van der Waals surface area contributed by atoms with E-state index in [-0.39, 0.29) is 17.1 Å². The highest BCUT2D eigenvalue weighted by Gasteiger charge is 2.24. The Hall–Kier alpha value is -1.71. The van der Waals surface area contributed by atoms with Crippen molar-refractivity contribution in [2.45, 2.75) is 30.6 Å². The van der Waals surface area contributed by atoms with Crippen molar-refractivity contribution in [3.05, 3.63) is 28.3 Å².